The Morgan fingerprint density at radius 1 is 1.06 bits per heavy atom. The second-order valence-electron chi connectivity index (χ2n) is 4.63. The van der Waals surface area contributed by atoms with E-state index in [0.717, 1.165) is 0 Å². The van der Waals surface area contributed by atoms with Gasteiger partial charge < -0.3 is 0 Å². The summed E-state index contributed by atoms with van der Waals surface area (Å²) in [5.74, 6) is 0. The molecule has 1 rings (SSSR count). The summed E-state index contributed by atoms with van der Waals surface area (Å²) in [6.07, 6.45) is 12.7. The minimum absolute atomic E-state index is 0.430. The average molecular weight is 298 g/mol. The predicted octanol–water partition coefficient (Wildman–Crippen LogP) is 5.66. The maximum atomic E-state index is 4.37. The normalized spacial score (nSPS) is 12.6. The first kappa shape index (κ1) is 14.7. The van der Waals surface area contributed by atoms with Gasteiger partial charge in [0.25, 0.3) is 0 Å². The van der Waals surface area contributed by atoms with Gasteiger partial charge >= 0.3 is 0 Å². The fraction of sp³-hybridized carbons (Fsp3) is 0.667. The highest BCUT2D eigenvalue weighted by Crippen LogP contribution is 2.26. The Kier molecular flexibility index (Phi) is 8.33. The van der Waals surface area contributed by atoms with Gasteiger partial charge in [0.1, 0.15) is 0 Å². The second kappa shape index (κ2) is 9.64. The number of hydrogen-bond donors (Lipinski definition) is 0. The Hall–Kier alpha value is -0.370. The van der Waals surface area contributed by atoms with E-state index in [0.29, 0.717) is 4.83 Å². The zero-order valence-corrected chi connectivity index (χ0v) is 12.5. The van der Waals surface area contributed by atoms with Gasteiger partial charge in [-0.2, -0.15) is 0 Å². The van der Waals surface area contributed by atoms with E-state index in [1.165, 1.54) is 57.1 Å². The number of nitrogens with zero attached hydrogens (tertiary/aromatic N) is 1. The van der Waals surface area contributed by atoms with Crippen molar-refractivity contribution >= 4 is 15.9 Å². The number of alkyl halides is 1. The summed E-state index contributed by atoms with van der Waals surface area (Å²) in [5.41, 5.74) is 1.17. The molecule has 0 radical (unpaired) electrons. The minimum Gasteiger partial charge on any atom is -0.260 e. The molecule has 0 fully saturated rings. The maximum absolute atomic E-state index is 4.37. The van der Waals surface area contributed by atoms with Gasteiger partial charge in [0, 0.05) is 6.20 Å². The molecule has 0 saturated heterocycles. The molecule has 1 unspecified atom stereocenters. The smallest absolute Gasteiger partial charge is 0.0568 e. The summed E-state index contributed by atoms with van der Waals surface area (Å²) in [5, 5.41) is 0. The number of aromatic nitrogens is 1. The molecule has 0 aromatic carbocycles. The monoisotopic (exact) mass is 297 g/mol. The first-order valence-corrected chi connectivity index (χ1v) is 7.81. The molecule has 0 aliphatic carbocycles. The molecule has 0 amide bonds. The molecule has 0 aliphatic heterocycles. The second-order valence-corrected chi connectivity index (χ2v) is 5.74. The van der Waals surface area contributed by atoms with Crippen LogP contribution in [0.4, 0.5) is 0 Å². The van der Waals surface area contributed by atoms with Crippen LogP contribution in [0, 0.1) is 0 Å². The molecular formula is C15H24BrN. The van der Waals surface area contributed by atoms with Crippen molar-refractivity contribution in [3.05, 3.63) is 30.1 Å². The van der Waals surface area contributed by atoms with Crippen molar-refractivity contribution < 1.29 is 0 Å². The molecule has 1 atom stereocenters. The van der Waals surface area contributed by atoms with Gasteiger partial charge in [-0.3, -0.25) is 4.98 Å². The van der Waals surface area contributed by atoms with Gasteiger partial charge in [0.2, 0.25) is 0 Å². The molecule has 0 spiro atoms. The van der Waals surface area contributed by atoms with Crippen LogP contribution < -0.4 is 0 Å². The lowest BCUT2D eigenvalue weighted by Gasteiger charge is -2.08. The summed E-state index contributed by atoms with van der Waals surface area (Å²) in [7, 11) is 0. The summed E-state index contributed by atoms with van der Waals surface area (Å²) in [4.78, 5) is 4.80. The van der Waals surface area contributed by atoms with E-state index in [1.54, 1.807) is 0 Å². The van der Waals surface area contributed by atoms with Crippen LogP contribution in [0.15, 0.2) is 24.4 Å². The molecule has 0 N–H and O–H groups in total. The van der Waals surface area contributed by atoms with Gasteiger partial charge in [-0.1, -0.05) is 73.9 Å². The molecule has 96 valence electrons. The molecule has 17 heavy (non-hydrogen) atoms. The van der Waals surface area contributed by atoms with Crippen LogP contribution >= 0.6 is 15.9 Å². The quantitative estimate of drug-likeness (QED) is 0.423. The van der Waals surface area contributed by atoms with E-state index in [1.807, 2.05) is 12.3 Å². The molecule has 0 saturated carbocycles. The Bertz CT molecular complexity index is 274. The van der Waals surface area contributed by atoms with Crippen LogP contribution in [-0.4, -0.2) is 4.98 Å². The highest BCUT2D eigenvalue weighted by molar-refractivity contribution is 9.09. The Labute approximate surface area is 114 Å². The lowest BCUT2D eigenvalue weighted by Crippen LogP contribution is -1.93. The third-order valence-electron chi connectivity index (χ3n) is 3.07. The van der Waals surface area contributed by atoms with E-state index in [4.69, 9.17) is 0 Å². The van der Waals surface area contributed by atoms with Gasteiger partial charge in [-0.15, -0.1) is 0 Å². The molecule has 0 aliphatic rings. The Morgan fingerprint density at radius 3 is 2.41 bits per heavy atom. The van der Waals surface area contributed by atoms with E-state index in [-0.39, 0.29) is 0 Å². The SMILES string of the molecule is CCCCCCCCCC(Br)c1ccccn1. The van der Waals surface area contributed by atoms with Crippen molar-refractivity contribution in [2.45, 2.75) is 63.1 Å². The zero-order valence-electron chi connectivity index (χ0n) is 10.9. The number of pyridine rings is 1. The Balaban J connectivity index is 2.03. The molecule has 1 heterocycles. The van der Waals surface area contributed by atoms with Gasteiger partial charge in [0.15, 0.2) is 0 Å². The molecule has 1 aromatic rings. The fourth-order valence-corrected chi connectivity index (χ4v) is 2.58. The van der Waals surface area contributed by atoms with Gasteiger partial charge in [-0.05, 0) is 18.6 Å². The third-order valence-corrected chi connectivity index (χ3v) is 4.00. The van der Waals surface area contributed by atoms with Crippen LogP contribution in [0.5, 0.6) is 0 Å². The highest BCUT2D eigenvalue weighted by atomic mass is 79.9. The van der Waals surface area contributed by atoms with E-state index in [2.05, 4.69) is 40.0 Å². The van der Waals surface area contributed by atoms with Crippen molar-refractivity contribution in [2.75, 3.05) is 0 Å². The first-order valence-electron chi connectivity index (χ1n) is 6.89. The summed E-state index contributed by atoms with van der Waals surface area (Å²) in [6.45, 7) is 2.27. The van der Waals surface area contributed by atoms with Crippen molar-refractivity contribution in [3.63, 3.8) is 0 Å². The summed E-state index contributed by atoms with van der Waals surface area (Å²) >= 11 is 3.72. The molecule has 0 bridgehead atoms. The first-order chi connectivity index (χ1) is 8.34. The predicted molar refractivity (Wildman–Crippen MR) is 78.5 cm³/mol. The summed E-state index contributed by atoms with van der Waals surface area (Å²) in [6, 6.07) is 6.12. The number of halogens is 1. The topological polar surface area (TPSA) is 12.9 Å². The van der Waals surface area contributed by atoms with Crippen molar-refractivity contribution in [2.24, 2.45) is 0 Å². The van der Waals surface area contributed by atoms with Crippen LogP contribution in [0.1, 0.15) is 68.8 Å². The van der Waals surface area contributed by atoms with Crippen molar-refractivity contribution in [3.8, 4) is 0 Å². The van der Waals surface area contributed by atoms with E-state index >= 15 is 0 Å². The number of hydrogen-bond acceptors (Lipinski definition) is 1. The van der Waals surface area contributed by atoms with Gasteiger partial charge in [0.05, 0.1) is 10.5 Å². The van der Waals surface area contributed by atoms with Crippen LogP contribution in [-0.2, 0) is 0 Å². The zero-order chi connectivity index (χ0) is 12.3. The summed E-state index contributed by atoms with van der Waals surface area (Å²) < 4.78 is 0. The maximum Gasteiger partial charge on any atom is 0.0568 e. The van der Waals surface area contributed by atoms with Crippen molar-refractivity contribution in [1.82, 2.24) is 4.98 Å². The number of unbranched alkanes of at least 4 members (excludes halogenated alkanes) is 6. The fourth-order valence-electron chi connectivity index (χ4n) is 1.99. The molecule has 1 nitrogen and oxygen atoms in total. The standard InChI is InChI=1S/C15H24BrN/c1-2-3-4-5-6-7-8-11-14(16)15-12-9-10-13-17-15/h9-10,12-14H,2-8,11H2,1H3. The van der Waals surface area contributed by atoms with E-state index in [9.17, 15) is 0 Å². The van der Waals surface area contributed by atoms with Crippen LogP contribution in [0.3, 0.4) is 0 Å². The number of rotatable bonds is 9. The third kappa shape index (κ3) is 6.82. The lowest BCUT2D eigenvalue weighted by molar-refractivity contribution is 0.573. The molecule has 1 aromatic heterocycles. The van der Waals surface area contributed by atoms with Crippen LogP contribution in [0.2, 0.25) is 0 Å². The average Bonchev–Trinajstić information content (AvgIpc) is 2.38. The minimum atomic E-state index is 0.430. The van der Waals surface area contributed by atoms with E-state index < -0.39 is 0 Å². The molecular weight excluding hydrogens is 274 g/mol. The van der Waals surface area contributed by atoms with Crippen LogP contribution in [0.25, 0.3) is 0 Å². The van der Waals surface area contributed by atoms with Crippen molar-refractivity contribution in [1.29, 1.82) is 0 Å². The Morgan fingerprint density at radius 2 is 1.76 bits per heavy atom. The lowest BCUT2D eigenvalue weighted by atomic mass is 10.1. The molecule has 2 heteroatoms. The largest absolute Gasteiger partial charge is 0.260 e. The van der Waals surface area contributed by atoms with Gasteiger partial charge in [-0.25, -0.2) is 0 Å². The highest BCUT2D eigenvalue weighted by Gasteiger charge is 2.07.